The highest BCUT2D eigenvalue weighted by Gasteiger charge is 2.16. The van der Waals surface area contributed by atoms with Crippen LogP contribution in [0.4, 0.5) is 5.69 Å². The van der Waals surface area contributed by atoms with Gasteiger partial charge in [0.25, 0.3) is 5.91 Å². The number of anilines is 1. The topological polar surface area (TPSA) is 51.5 Å². The van der Waals surface area contributed by atoms with Crippen molar-refractivity contribution in [3.8, 4) is 5.75 Å². The van der Waals surface area contributed by atoms with Crippen molar-refractivity contribution in [2.75, 3.05) is 12.4 Å². The van der Waals surface area contributed by atoms with Crippen molar-refractivity contribution in [3.05, 3.63) is 84.6 Å². The molecule has 1 amide bonds. The van der Waals surface area contributed by atoms with E-state index < -0.39 is 0 Å². The summed E-state index contributed by atoms with van der Waals surface area (Å²) >= 11 is 1.60. The van der Waals surface area contributed by atoms with Crippen LogP contribution in [-0.4, -0.2) is 13.0 Å². The Morgan fingerprint density at radius 3 is 2.56 bits per heavy atom. The number of benzene rings is 3. The molecule has 0 unspecified atom stereocenters. The highest BCUT2D eigenvalue weighted by molar-refractivity contribution is 7.99. The first-order chi connectivity index (χ1) is 13.2. The van der Waals surface area contributed by atoms with Gasteiger partial charge in [-0.1, -0.05) is 54.2 Å². The lowest BCUT2D eigenvalue weighted by Gasteiger charge is -2.09. The van der Waals surface area contributed by atoms with Crippen LogP contribution in [0.5, 0.6) is 5.75 Å². The van der Waals surface area contributed by atoms with Crippen LogP contribution in [-0.2, 0) is 0 Å². The summed E-state index contributed by atoms with van der Waals surface area (Å²) in [6.45, 7) is 0. The van der Waals surface area contributed by atoms with E-state index in [0.717, 1.165) is 20.9 Å². The summed E-state index contributed by atoms with van der Waals surface area (Å²) in [6, 6.07) is 25.0. The molecular weight excluding hydrogens is 358 g/mol. The SMILES string of the molecule is COc1cccc2cc(C(=O)Nc3ccccc3Sc3ccccc3)oc12. The summed E-state index contributed by atoms with van der Waals surface area (Å²) in [5.41, 5.74) is 1.31. The van der Waals surface area contributed by atoms with Crippen LogP contribution in [0, 0.1) is 0 Å². The number of fused-ring (bicyclic) bond motifs is 1. The summed E-state index contributed by atoms with van der Waals surface area (Å²) in [5, 5.41) is 3.78. The maximum absolute atomic E-state index is 12.7. The fourth-order valence-corrected chi connectivity index (χ4v) is 3.69. The van der Waals surface area contributed by atoms with E-state index in [1.807, 2.05) is 66.7 Å². The van der Waals surface area contributed by atoms with Crippen LogP contribution in [0.25, 0.3) is 11.0 Å². The van der Waals surface area contributed by atoms with Crippen molar-refractivity contribution in [1.82, 2.24) is 0 Å². The third kappa shape index (κ3) is 3.68. The standard InChI is InChI=1S/C22H17NO3S/c1-25-18-12-7-8-15-14-19(26-21(15)18)22(24)23-17-11-5-6-13-20(17)27-16-9-3-2-4-10-16/h2-14H,1H3,(H,23,24). The van der Waals surface area contributed by atoms with E-state index in [1.165, 1.54) is 0 Å². The summed E-state index contributed by atoms with van der Waals surface area (Å²) in [7, 11) is 1.58. The molecule has 4 aromatic rings. The first-order valence-corrected chi connectivity index (χ1v) is 9.26. The Bertz CT molecular complexity index is 1090. The van der Waals surface area contributed by atoms with E-state index in [9.17, 15) is 4.79 Å². The van der Waals surface area contributed by atoms with Gasteiger partial charge in [0.2, 0.25) is 0 Å². The van der Waals surface area contributed by atoms with Crippen molar-refractivity contribution in [2.24, 2.45) is 0 Å². The fourth-order valence-electron chi connectivity index (χ4n) is 2.77. The minimum Gasteiger partial charge on any atom is -0.493 e. The Hall–Kier alpha value is -3.18. The van der Waals surface area contributed by atoms with Gasteiger partial charge in [0, 0.05) is 15.2 Å². The van der Waals surface area contributed by atoms with Gasteiger partial charge in [-0.25, -0.2) is 0 Å². The second-order valence-electron chi connectivity index (χ2n) is 5.85. The van der Waals surface area contributed by atoms with E-state index in [4.69, 9.17) is 9.15 Å². The molecular formula is C22H17NO3S. The fraction of sp³-hybridized carbons (Fsp3) is 0.0455. The number of hydrogen-bond donors (Lipinski definition) is 1. The van der Waals surface area contributed by atoms with Crippen molar-refractivity contribution in [3.63, 3.8) is 0 Å². The average molecular weight is 375 g/mol. The van der Waals surface area contributed by atoms with Crippen molar-refractivity contribution in [1.29, 1.82) is 0 Å². The van der Waals surface area contributed by atoms with Crippen LogP contribution >= 0.6 is 11.8 Å². The third-order valence-electron chi connectivity index (χ3n) is 4.06. The second kappa shape index (κ2) is 7.60. The van der Waals surface area contributed by atoms with Gasteiger partial charge in [-0.15, -0.1) is 0 Å². The molecule has 1 heterocycles. The van der Waals surface area contributed by atoms with Gasteiger partial charge in [-0.05, 0) is 36.4 Å². The Morgan fingerprint density at radius 1 is 0.963 bits per heavy atom. The number of furan rings is 1. The lowest BCUT2D eigenvalue weighted by Crippen LogP contribution is -2.11. The first-order valence-electron chi connectivity index (χ1n) is 8.44. The molecule has 27 heavy (non-hydrogen) atoms. The van der Waals surface area contributed by atoms with Crippen LogP contribution in [0.2, 0.25) is 0 Å². The number of carbonyl (C=O) groups excluding carboxylic acids is 1. The van der Waals surface area contributed by atoms with Crippen LogP contribution in [0.3, 0.4) is 0 Å². The zero-order chi connectivity index (χ0) is 18.6. The Kier molecular flexibility index (Phi) is 4.85. The second-order valence-corrected chi connectivity index (χ2v) is 6.97. The van der Waals surface area contributed by atoms with E-state index in [1.54, 1.807) is 31.0 Å². The maximum Gasteiger partial charge on any atom is 0.291 e. The number of amides is 1. The molecule has 1 aromatic heterocycles. The largest absolute Gasteiger partial charge is 0.493 e. The van der Waals surface area contributed by atoms with Gasteiger partial charge < -0.3 is 14.5 Å². The molecule has 0 bridgehead atoms. The molecule has 0 aliphatic rings. The summed E-state index contributed by atoms with van der Waals surface area (Å²) in [6.07, 6.45) is 0. The number of nitrogens with one attached hydrogen (secondary N) is 1. The predicted octanol–water partition coefficient (Wildman–Crippen LogP) is 5.84. The molecule has 1 N–H and O–H groups in total. The van der Waals surface area contributed by atoms with Crippen molar-refractivity contribution in [2.45, 2.75) is 9.79 Å². The molecule has 4 rings (SSSR count). The average Bonchev–Trinajstić information content (AvgIpc) is 3.15. The molecule has 4 nitrogen and oxygen atoms in total. The minimum absolute atomic E-state index is 0.244. The van der Waals surface area contributed by atoms with Gasteiger partial charge in [0.05, 0.1) is 12.8 Å². The monoisotopic (exact) mass is 375 g/mol. The summed E-state index contributed by atoms with van der Waals surface area (Å²) in [4.78, 5) is 14.8. The normalized spacial score (nSPS) is 10.7. The third-order valence-corrected chi connectivity index (χ3v) is 5.14. The number of methoxy groups -OCH3 is 1. The zero-order valence-corrected chi connectivity index (χ0v) is 15.5. The van der Waals surface area contributed by atoms with Gasteiger partial charge in [0.1, 0.15) is 0 Å². The number of rotatable bonds is 5. The quantitative estimate of drug-likeness (QED) is 0.476. The summed E-state index contributed by atoms with van der Waals surface area (Å²) in [5.74, 6) is 0.551. The molecule has 0 saturated heterocycles. The number of hydrogen-bond acceptors (Lipinski definition) is 4. The van der Waals surface area contributed by atoms with Crippen LogP contribution in [0.15, 0.2) is 93.1 Å². The Labute approximate surface area is 161 Å². The lowest BCUT2D eigenvalue weighted by molar-refractivity contribution is 0.0998. The molecule has 5 heteroatoms. The highest BCUT2D eigenvalue weighted by atomic mass is 32.2. The van der Waals surface area contributed by atoms with Gasteiger partial charge in [-0.2, -0.15) is 0 Å². The first kappa shape index (κ1) is 17.2. The van der Waals surface area contributed by atoms with E-state index >= 15 is 0 Å². The molecule has 0 radical (unpaired) electrons. The number of para-hydroxylation sites is 2. The molecule has 0 atom stereocenters. The minimum atomic E-state index is -0.297. The molecule has 0 aliphatic heterocycles. The molecule has 134 valence electrons. The highest BCUT2D eigenvalue weighted by Crippen LogP contribution is 2.34. The molecule has 0 aliphatic carbocycles. The molecule has 0 spiro atoms. The smallest absolute Gasteiger partial charge is 0.291 e. The molecule has 0 fully saturated rings. The summed E-state index contributed by atoms with van der Waals surface area (Å²) < 4.78 is 11.0. The van der Waals surface area contributed by atoms with Crippen molar-refractivity contribution < 1.29 is 13.9 Å². The van der Waals surface area contributed by atoms with Crippen molar-refractivity contribution >= 4 is 34.3 Å². The van der Waals surface area contributed by atoms with Gasteiger partial charge >= 0.3 is 0 Å². The maximum atomic E-state index is 12.7. The van der Waals surface area contributed by atoms with Crippen LogP contribution in [0.1, 0.15) is 10.6 Å². The van der Waals surface area contributed by atoms with E-state index in [-0.39, 0.29) is 11.7 Å². The van der Waals surface area contributed by atoms with Gasteiger partial charge in [-0.3, -0.25) is 4.79 Å². The van der Waals surface area contributed by atoms with E-state index in [2.05, 4.69) is 5.32 Å². The Balaban J connectivity index is 1.60. The predicted molar refractivity (Wildman–Crippen MR) is 108 cm³/mol. The lowest BCUT2D eigenvalue weighted by atomic mass is 10.2. The molecule has 0 saturated carbocycles. The van der Waals surface area contributed by atoms with E-state index in [0.29, 0.717) is 11.3 Å². The van der Waals surface area contributed by atoms with Crippen LogP contribution < -0.4 is 10.1 Å². The Morgan fingerprint density at radius 2 is 1.74 bits per heavy atom. The number of ether oxygens (including phenoxy) is 1. The number of carbonyl (C=O) groups is 1. The zero-order valence-electron chi connectivity index (χ0n) is 14.6. The van der Waals surface area contributed by atoms with Gasteiger partial charge in [0.15, 0.2) is 17.1 Å². The molecule has 3 aromatic carbocycles.